The van der Waals surface area contributed by atoms with E-state index in [0.29, 0.717) is 11.3 Å². The monoisotopic (exact) mass is 332 g/mol. The van der Waals surface area contributed by atoms with Gasteiger partial charge in [0.15, 0.2) is 0 Å². The molecule has 3 nitrogen and oxygen atoms in total. The Morgan fingerprint density at radius 2 is 1.95 bits per heavy atom. The molecule has 0 aliphatic rings. The van der Waals surface area contributed by atoms with Gasteiger partial charge in [0.05, 0.1) is 16.9 Å². The first-order valence-corrected chi connectivity index (χ1v) is 7.12. The van der Waals surface area contributed by atoms with Crippen molar-refractivity contribution in [1.82, 2.24) is 9.97 Å². The summed E-state index contributed by atoms with van der Waals surface area (Å²) in [5.74, 6) is 0. The highest BCUT2D eigenvalue weighted by atomic mass is 35.5. The molecule has 0 aliphatic heterocycles. The molecule has 0 aliphatic carbocycles. The topological polar surface area (TPSA) is 42.9 Å². The summed E-state index contributed by atoms with van der Waals surface area (Å²) in [5.41, 5.74) is 3.76. The van der Waals surface area contributed by atoms with Crippen LogP contribution in [0.25, 0.3) is 22.3 Å². The van der Waals surface area contributed by atoms with E-state index in [1.54, 1.807) is 12.3 Å². The Bertz CT molecular complexity index is 820. The largest absolute Gasteiger partial charge is 0.276 e. The molecule has 22 heavy (non-hydrogen) atoms. The minimum Gasteiger partial charge on any atom is -0.276 e. The van der Waals surface area contributed by atoms with Gasteiger partial charge < -0.3 is 0 Å². The van der Waals surface area contributed by atoms with Crippen LogP contribution in [0.15, 0.2) is 48.7 Å². The van der Waals surface area contributed by atoms with Crippen molar-refractivity contribution in [2.24, 2.45) is 0 Å². The highest BCUT2D eigenvalue weighted by molar-refractivity contribution is 6.68. The van der Waals surface area contributed by atoms with E-state index in [2.05, 4.69) is 16.9 Å². The number of carbonyl (C=O) groups is 1. The smallest absolute Gasteiger partial charge is 0.253 e. The van der Waals surface area contributed by atoms with Gasteiger partial charge in [0, 0.05) is 17.1 Å². The van der Waals surface area contributed by atoms with E-state index in [-0.39, 0.29) is 12.4 Å². The molecule has 2 aromatic heterocycles. The first kappa shape index (κ1) is 16.4. The molecule has 0 N–H and O–H groups in total. The first-order chi connectivity index (χ1) is 10.2. The fourth-order valence-electron chi connectivity index (χ4n) is 2.40. The van der Waals surface area contributed by atoms with Crippen LogP contribution in [0.3, 0.4) is 0 Å². The third-order valence-electron chi connectivity index (χ3n) is 3.44. The first-order valence-electron chi connectivity index (χ1n) is 6.74. The zero-order valence-electron chi connectivity index (χ0n) is 11.9. The number of fused-ring (bicyclic) bond motifs is 1. The minimum atomic E-state index is -0.479. The maximum absolute atomic E-state index is 11.8. The maximum Gasteiger partial charge on any atom is 0.253 e. The predicted octanol–water partition coefficient (Wildman–Crippen LogP) is 4.66. The number of hydrogen-bond donors (Lipinski definition) is 0. The predicted molar refractivity (Wildman–Crippen MR) is 91.8 cm³/mol. The van der Waals surface area contributed by atoms with Crippen LogP contribution < -0.4 is 0 Å². The van der Waals surface area contributed by atoms with Crippen molar-refractivity contribution < 1.29 is 4.79 Å². The van der Waals surface area contributed by atoms with E-state index >= 15 is 0 Å². The van der Waals surface area contributed by atoms with E-state index in [1.807, 2.05) is 36.4 Å². The van der Waals surface area contributed by atoms with Gasteiger partial charge in [0.1, 0.15) is 0 Å². The molecule has 0 saturated heterocycles. The van der Waals surface area contributed by atoms with Crippen molar-refractivity contribution in [2.45, 2.75) is 13.3 Å². The summed E-state index contributed by atoms with van der Waals surface area (Å²) >= 11 is 5.75. The Morgan fingerprint density at radius 1 is 1.14 bits per heavy atom. The lowest BCUT2D eigenvalue weighted by molar-refractivity contribution is 0.108. The molecule has 5 heteroatoms. The number of aromatic nitrogens is 2. The zero-order chi connectivity index (χ0) is 14.8. The molecule has 0 amide bonds. The Labute approximate surface area is 139 Å². The molecule has 0 atom stereocenters. The molecular weight excluding hydrogens is 319 g/mol. The normalized spacial score (nSPS) is 10.3. The molecule has 0 radical (unpaired) electrons. The van der Waals surface area contributed by atoms with E-state index in [1.165, 1.54) is 0 Å². The average molecular weight is 333 g/mol. The quantitative estimate of drug-likeness (QED) is 0.655. The molecule has 1 aromatic carbocycles. The Morgan fingerprint density at radius 3 is 2.59 bits per heavy atom. The third kappa shape index (κ3) is 2.96. The van der Waals surface area contributed by atoms with Crippen molar-refractivity contribution in [2.75, 3.05) is 0 Å². The Hall–Kier alpha value is -1.97. The second-order valence-corrected chi connectivity index (χ2v) is 5.05. The van der Waals surface area contributed by atoms with Crippen molar-refractivity contribution >= 4 is 40.2 Å². The van der Waals surface area contributed by atoms with Crippen LogP contribution in [0.4, 0.5) is 0 Å². The molecule has 112 valence electrons. The maximum atomic E-state index is 11.8. The summed E-state index contributed by atoms with van der Waals surface area (Å²) in [6.07, 6.45) is 2.54. The summed E-state index contributed by atoms with van der Waals surface area (Å²) < 4.78 is 0. The van der Waals surface area contributed by atoms with Crippen LogP contribution in [-0.2, 0) is 6.42 Å². The van der Waals surface area contributed by atoms with Gasteiger partial charge in [-0.2, -0.15) is 0 Å². The number of rotatable bonds is 3. The number of hydrogen-bond acceptors (Lipinski definition) is 3. The number of halogens is 2. The lowest BCUT2D eigenvalue weighted by Crippen LogP contribution is -1.98. The highest BCUT2D eigenvalue weighted by Crippen LogP contribution is 2.27. The fourth-order valence-corrected chi connectivity index (χ4v) is 2.56. The van der Waals surface area contributed by atoms with Crippen LogP contribution in [0.2, 0.25) is 0 Å². The van der Waals surface area contributed by atoms with Crippen LogP contribution in [0.5, 0.6) is 0 Å². The second kappa shape index (κ2) is 6.86. The van der Waals surface area contributed by atoms with Gasteiger partial charge in [-0.05, 0) is 41.8 Å². The summed E-state index contributed by atoms with van der Waals surface area (Å²) in [6.45, 7) is 2.06. The molecule has 0 saturated carbocycles. The minimum absolute atomic E-state index is 0. The molecule has 0 fully saturated rings. The van der Waals surface area contributed by atoms with Gasteiger partial charge in [-0.15, -0.1) is 12.4 Å². The summed E-state index contributed by atoms with van der Waals surface area (Å²) in [7, 11) is 0. The van der Waals surface area contributed by atoms with Gasteiger partial charge in [-0.25, -0.2) is 4.98 Å². The zero-order valence-corrected chi connectivity index (χ0v) is 13.5. The molecule has 0 spiro atoms. The van der Waals surface area contributed by atoms with E-state index in [4.69, 9.17) is 11.6 Å². The van der Waals surface area contributed by atoms with Crippen molar-refractivity contribution in [1.29, 1.82) is 0 Å². The lowest BCUT2D eigenvalue weighted by Gasteiger charge is -2.09. The van der Waals surface area contributed by atoms with E-state index in [0.717, 1.165) is 28.6 Å². The van der Waals surface area contributed by atoms with Crippen molar-refractivity contribution in [3.05, 3.63) is 59.8 Å². The second-order valence-electron chi connectivity index (χ2n) is 4.71. The number of nitrogens with zero attached hydrogens (tertiary/aromatic N) is 2. The van der Waals surface area contributed by atoms with Crippen LogP contribution >= 0.6 is 24.0 Å². The van der Waals surface area contributed by atoms with Crippen molar-refractivity contribution in [3.63, 3.8) is 0 Å². The van der Waals surface area contributed by atoms with Gasteiger partial charge >= 0.3 is 0 Å². The Balaban J connectivity index is 0.00000176. The molecule has 3 aromatic rings. The summed E-state index contributed by atoms with van der Waals surface area (Å²) in [6, 6.07) is 13.1. The highest BCUT2D eigenvalue weighted by Gasteiger charge is 2.14. The standard InChI is InChI=1S/C17H13ClN2O.ClH/c1-2-11-6-5-7-12-13(17(18)21)10-15(20-16(11)12)14-8-3-4-9-19-14;/h3-10H,2H2,1H3;1H. The number of aryl methyl sites for hydroxylation is 1. The van der Waals surface area contributed by atoms with E-state index in [9.17, 15) is 4.79 Å². The lowest BCUT2D eigenvalue weighted by atomic mass is 10.0. The fraction of sp³-hybridized carbons (Fsp3) is 0.118. The van der Waals surface area contributed by atoms with E-state index < -0.39 is 5.24 Å². The number of para-hydroxylation sites is 1. The van der Waals surface area contributed by atoms with Gasteiger partial charge in [-0.3, -0.25) is 9.78 Å². The van der Waals surface area contributed by atoms with Gasteiger partial charge in [0.2, 0.25) is 0 Å². The molecule has 0 bridgehead atoms. The van der Waals surface area contributed by atoms with Crippen LogP contribution in [0, 0.1) is 0 Å². The number of benzene rings is 1. The molecule has 2 heterocycles. The van der Waals surface area contributed by atoms with Crippen molar-refractivity contribution in [3.8, 4) is 11.4 Å². The Kier molecular flexibility index (Phi) is 5.11. The van der Waals surface area contributed by atoms with Crippen LogP contribution in [0.1, 0.15) is 22.8 Å². The van der Waals surface area contributed by atoms with Crippen LogP contribution in [-0.4, -0.2) is 15.2 Å². The van der Waals surface area contributed by atoms with Gasteiger partial charge in [-0.1, -0.05) is 31.2 Å². The molecule has 3 rings (SSSR count). The number of pyridine rings is 2. The molecular formula is C17H14Cl2N2O. The molecule has 0 unspecified atom stereocenters. The average Bonchev–Trinajstić information content (AvgIpc) is 2.53. The summed E-state index contributed by atoms with van der Waals surface area (Å²) in [5, 5.41) is 0.307. The summed E-state index contributed by atoms with van der Waals surface area (Å²) in [4.78, 5) is 20.7. The number of carbonyl (C=O) groups excluding carboxylic acids is 1. The third-order valence-corrected chi connectivity index (χ3v) is 3.65. The SMILES string of the molecule is CCc1cccc2c(C(=O)Cl)cc(-c3ccccn3)nc12.Cl. The van der Waals surface area contributed by atoms with Gasteiger partial charge in [0.25, 0.3) is 5.24 Å².